The molecular weight excluding hydrogens is 268 g/mol. The van der Waals surface area contributed by atoms with E-state index in [-0.39, 0.29) is 4.90 Å². The van der Waals surface area contributed by atoms with E-state index in [1.165, 1.54) is 12.4 Å². The number of nitrogens with one attached hydrogen (secondary N) is 2. The third-order valence-corrected chi connectivity index (χ3v) is 3.62. The number of benzene rings is 1. The van der Waals surface area contributed by atoms with Gasteiger partial charge in [0.1, 0.15) is 17.3 Å². The highest BCUT2D eigenvalue weighted by Gasteiger charge is 2.14. The molecule has 1 aromatic heterocycles. The van der Waals surface area contributed by atoms with Crippen molar-refractivity contribution in [2.45, 2.75) is 4.90 Å². The highest BCUT2D eigenvalue weighted by atomic mass is 32.2. The highest BCUT2D eigenvalue weighted by Crippen LogP contribution is 2.18. The van der Waals surface area contributed by atoms with Gasteiger partial charge in [0, 0.05) is 18.4 Å². The molecule has 0 amide bonds. The number of hydrogen-bond donors (Lipinski definition) is 3. The van der Waals surface area contributed by atoms with Gasteiger partial charge in [-0.3, -0.25) is 9.82 Å². The molecule has 2 rings (SSSR count). The maximum atomic E-state index is 11.9. The molecule has 0 bridgehead atoms. The lowest BCUT2D eigenvalue weighted by Gasteiger charge is -2.08. The first-order valence-corrected chi connectivity index (χ1v) is 7.04. The summed E-state index contributed by atoms with van der Waals surface area (Å²) in [5.41, 5.74) is 5.76. The van der Waals surface area contributed by atoms with Crippen molar-refractivity contribution in [3.63, 3.8) is 0 Å². The summed E-state index contributed by atoms with van der Waals surface area (Å²) < 4.78 is 31.5. The molecule has 0 aliphatic rings. The molecule has 0 radical (unpaired) electrons. The molecule has 1 aromatic carbocycles. The molecule has 0 saturated carbocycles. The summed E-state index contributed by atoms with van der Waals surface area (Å²) in [4.78, 5) is 0.0796. The summed E-state index contributed by atoms with van der Waals surface area (Å²) in [6.07, 6.45) is 2.54. The summed E-state index contributed by atoms with van der Waals surface area (Å²) >= 11 is 0. The molecule has 1 heterocycles. The Morgan fingerprint density at radius 1 is 1.32 bits per heavy atom. The van der Waals surface area contributed by atoms with Gasteiger partial charge in [0.15, 0.2) is 0 Å². The Bertz CT molecular complexity index is 608. The number of aromatic nitrogens is 2. The smallest absolute Gasteiger partial charge is 0.265 e. The minimum Gasteiger partial charge on any atom is -0.492 e. The summed E-state index contributed by atoms with van der Waals surface area (Å²) in [5.74, 6) is 0.636. The number of H-pyrrole nitrogens is 1. The van der Waals surface area contributed by atoms with Gasteiger partial charge in [-0.15, -0.1) is 0 Å². The van der Waals surface area contributed by atoms with Crippen molar-refractivity contribution in [1.82, 2.24) is 10.2 Å². The maximum absolute atomic E-state index is 11.9. The topological polar surface area (TPSA) is 110 Å². The quantitative estimate of drug-likeness (QED) is 0.716. The largest absolute Gasteiger partial charge is 0.492 e. The molecule has 0 atom stereocenters. The zero-order valence-corrected chi connectivity index (χ0v) is 10.9. The van der Waals surface area contributed by atoms with Crippen molar-refractivity contribution in [1.29, 1.82) is 0 Å². The second-order valence-electron chi connectivity index (χ2n) is 3.70. The van der Waals surface area contributed by atoms with Crippen LogP contribution in [0.5, 0.6) is 5.75 Å². The van der Waals surface area contributed by atoms with E-state index in [1.807, 2.05) is 0 Å². The van der Waals surface area contributed by atoms with Crippen LogP contribution in [0.4, 0.5) is 5.69 Å². The average molecular weight is 282 g/mol. The number of nitrogens with two attached hydrogens (primary N) is 1. The zero-order valence-electron chi connectivity index (χ0n) is 10.0. The third kappa shape index (κ3) is 3.46. The van der Waals surface area contributed by atoms with E-state index in [1.54, 1.807) is 24.3 Å². The molecular formula is C11H14N4O3S. The van der Waals surface area contributed by atoms with Crippen molar-refractivity contribution in [2.75, 3.05) is 17.9 Å². The van der Waals surface area contributed by atoms with Crippen LogP contribution < -0.4 is 15.2 Å². The highest BCUT2D eigenvalue weighted by molar-refractivity contribution is 7.92. The van der Waals surface area contributed by atoms with Crippen LogP contribution in [0.3, 0.4) is 0 Å². The maximum Gasteiger partial charge on any atom is 0.265 e. The predicted molar refractivity (Wildman–Crippen MR) is 70.4 cm³/mol. The van der Waals surface area contributed by atoms with Gasteiger partial charge in [-0.05, 0) is 24.3 Å². The Morgan fingerprint density at radius 2 is 2.05 bits per heavy atom. The molecule has 0 aliphatic carbocycles. The first kappa shape index (κ1) is 13.4. The second kappa shape index (κ2) is 5.72. The first-order chi connectivity index (χ1) is 9.12. The predicted octanol–water partition coefficient (Wildman–Crippen LogP) is 0.548. The standard InChI is InChI=1S/C11H14N4O3S/c12-5-6-18-10-3-1-9(2-4-10)15-19(16,17)11-7-13-14-8-11/h1-4,7-8,15H,5-6,12H2,(H,13,14). The van der Waals surface area contributed by atoms with Crippen molar-refractivity contribution in [3.05, 3.63) is 36.7 Å². The third-order valence-electron chi connectivity index (χ3n) is 2.28. The van der Waals surface area contributed by atoms with Crippen molar-refractivity contribution >= 4 is 15.7 Å². The van der Waals surface area contributed by atoms with E-state index in [2.05, 4.69) is 14.9 Å². The number of hydrogen-bond acceptors (Lipinski definition) is 5. The number of ether oxygens (including phenoxy) is 1. The minimum absolute atomic E-state index is 0.0796. The fraction of sp³-hybridized carbons (Fsp3) is 0.182. The Labute approximate surface area is 110 Å². The molecule has 0 unspecified atom stereocenters. The lowest BCUT2D eigenvalue weighted by Crippen LogP contribution is -2.12. The number of aromatic amines is 1. The summed E-state index contributed by atoms with van der Waals surface area (Å²) in [5, 5.41) is 6.05. The molecule has 0 spiro atoms. The van der Waals surface area contributed by atoms with Crippen LogP contribution in [0.1, 0.15) is 0 Å². The molecule has 7 nitrogen and oxygen atoms in total. The Morgan fingerprint density at radius 3 is 2.63 bits per heavy atom. The van der Waals surface area contributed by atoms with Crippen LogP contribution >= 0.6 is 0 Å². The summed E-state index contributed by atoms with van der Waals surface area (Å²) in [7, 11) is -3.60. The van der Waals surface area contributed by atoms with Gasteiger partial charge in [-0.1, -0.05) is 0 Å². The van der Waals surface area contributed by atoms with E-state index < -0.39 is 10.0 Å². The Kier molecular flexibility index (Phi) is 4.03. The van der Waals surface area contributed by atoms with Crippen molar-refractivity contribution in [3.8, 4) is 5.75 Å². The lowest BCUT2D eigenvalue weighted by molar-refractivity contribution is 0.328. The van der Waals surface area contributed by atoms with E-state index in [0.717, 1.165) is 0 Å². The van der Waals surface area contributed by atoms with Crippen molar-refractivity contribution in [2.24, 2.45) is 5.73 Å². The SMILES string of the molecule is NCCOc1ccc(NS(=O)(=O)c2cn[nH]c2)cc1. The molecule has 0 aliphatic heterocycles. The molecule has 19 heavy (non-hydrogen) atoms. The summed E-state index contributed by atoms with van der Waals surface area (Å²) in [6.45, 7) is 0.842. The number of rotatable bonds is 6. The van der Waals surface area contributed by atoms with Crippen LogP contribution in [-0.4, -0.2) is 31.8 Å². The molecule has 8 heteroatoms. The van der Waals surface area contributed by atoms with Crippen molar-refractivity contribution < 1.29 is 13.2 Å². The number of sulfonamides is 1. The van der Waals surface area contributed by atoms with Crippen LogP contribution in [0.25, 0.3) is 0 Å². The van der Waals surface area contributed by atoms with Crippen LogP contribution in [0.2, 0.25) is 0 Å². The van der Waals surface area contributed by atoms with Crippen LogP contribution in [-0.2, 0) is 10.0 Å². The van der Waals surface area contributed by atoms with Crippen LogP contribution in [0.15, 0.2) is 41.6 Å². The molecule has 102 valence electrons. The van der Waals surface area contributed by atoms with Gasteiger partial charge < -0.3 is 10.5 Å². The summed E-state index contributed by atoms with van der Waals surface area (Å²) in [6, 6.07) is 6.57. The molecule has 4 N–H and O–H groups in total. The lowest BCUT2D eigenvalue weighted by atomic mass is 10.3. The Balaban J connectivity index is 2.07. The van der Waals surface area contributed by atoms with Gasteiger partial charge in [0.25, 0.3) is 10.0 Å². The van der Waals surface area contributed by atoms with Gasteiger partial charge in [-0.25, -0.2) is 8.42 Å². The fourth-order valence-electron chi connectivity index (χ4n) is 1.40. The molecule has 0 fully saturated rings. The Hall–Kier alpha value is -2.06. The van der Waals surface area contributed by atoms with Crippen LogP contribution in [0, 0.1) is 0 Å². The van der Waals surface area contributed by atoms with E-state index in [4.69, 9.17) is 10.5 Å². The first-order valence-electron chi connectivity index (χ1n) is 5.56. The normalized spacial score (nSPS) is 11.2. The average Bonchev–Trinajstić information content (AvgIpc) is 2.92. The van der Waals surface area contributed by atoms with Gasteiger partial charge in [0.05, 0.1) is 6.20 Å². The molecule has 2 aromatic rings. The number of anilines is 1. The monoisotopic (exact) mass is 282 g/mol. The van der Waals surface area contributed by atoms with Gasteiger partial charge >= 0.3 is 0 Å². The minimum atomic E-state index is -3.60. The fourth-order valence-corrected chi connectivity index (χ4v) is 2.36. The van der Waals surface area contributed by atoms with E-state index in [9.17, 15) is 8.42 Å². The molecule has 0 saturated heterocycles. The van der Waals surface area contributed by atoms with E-state index in [0.29, 0.717) is 24.6 Å². The van der Waals surface area contributed by atoms with Gasteiger partial charge in [-0.2, -0.15) is 5.10 Å². The van der Waals surface area contributed by atoms with Gasteiger partial charge in [0.2, 0.25) is 0 Å². The van der Waals surface area contributed by atoms with E-state index >= 15 is 0 Å². The number of nitrogens with zero attached hydrogens (tertiary/aromatic N) is 1. The second-order valence-corrected chi connectivity index (χ2v) is 5.38. The zero-order chi connectivity index (χ0) is 13.7.